The average Bonchev–Trinajstić information content (AvgIpc) is 3.33. The van der Waals surface area contributed by atoms with E-state index in [0.29, 0.717) is 22.4 Å². The van der Waals surface area contributed by atoms with Crippen LogP contribution in [0.5, 0.6) is 0 Å². The number of halogens is 4. The maximum absolute atomic E-state index is 13.3. The van der Waals surface area contributed by atoms with Gasteiger partial charge in [-0.3, -0.25) is 9.78 Å². The maximum Gasteiger partial charge on any atom is 0.490 e. The van der Waals surface area contributed by atoms with Gasteiger partial charge in [-0.1, -0.05) is 35.9 Å². The fraction of sp³-hybridized carbons (Fsp3) is 0.292. The third-order valence-corrected chi connectivity index (χ3v) is 7.93. The zero-order valence-corrected chi connectivity index (χ0v) is 21.4. The fourth-order valence-corrected chi connectivity index (χ4v) is 5.64. The number of pyridine rings is 1. The van der Waals surface area contributed by atoms with Crippen LogP contribution in [0.25, 0.3) is 10.8 Å². The number of aliphatic hydroxyl groups is 1. The second-order valence-electron chi connectivity index (χ2n) is 8.42. The zero-order chi connectivity index (χ0) is 28.3. The number of alkyl halides is 3. The quantitative estimate of drug-likeness (QED) is 0.425. The summed E-state index contributed by atoms with van der Waals surface area (Å²) in [5.41, 5.74) is 1.32. The summed E-state index contributed by atoms with van der Waals surface area (Å²) in [6.07, 6.45) is -2.71. The van der Waals surface area contributed by atoms with Crippen molar-refractivity contribution in [2.24, 2.45) is 0 Å². The number of aromatic nitrogens is 1. The highest BCUT2D eigenvalue weighted by Crippen LogP contribution is 2.29. The van der Waals surface area contributed by atoms with E-state index in [4.69, 9.17) is 21.5 Å². The number of nitrogens with zero attached hydrogens (tertiary/aromatic N) is 2. The SMILES string of the molecule is Cc1cncc2c(S(=O)(=O)N3CC[C@@H](NC(=O)C(O)c4ccc(Cl)cc4)C3)cccc12.O=C(O)C(F)(F)F. The van der Waals surface area contributed by atoms with Gasteiger partial charge in [-0.15, -0.1) is 0 Å². The number of carboxylic acid groups (broad SMARTS) is 1. The Morgan fingerprint density at radius 2 is 1.76 bits per heavy atom. The minimum absolute atomic E-state index is 0.136. The topological polar surface area (TPSA) is 137 Å². The molecule has 1 aromatic heterocycles. The summed E-state index contributed by atoms with van der Waals surface area (Å²) < 4.78 is 59.7. The third kappa shape index (κ3) is 6.78. The number of hydrogen-bond acceptors (Lipinski definition) is 6. The molecule has 0 spiro atoms. The van der Waals surface area contributed by atoms with Crippen LogP contribution >= 0.6 is 11.6 Å². The van der Waals surface area contributed by atoms with E-state index in [9.17, 15) is 31.5 Å². The van der Waals surface area contributed by atoms with Gasteiger partial charge in [-0.2, -0.15) is 17.5 Å². The minimum Gasteiger partial charge on any atom is -0.475 e. The van der Waals surface area contributed by atoms with Crippen molar-refractivity contribution in [1.82, 2.24) is 14.6 Å². The van der Waals surface area contributed by atoms with Crippen molar-refractivity contribution in [1.29, 1.82) is 0 Å². The van der Waals surface area contributed by atoms with Gasteiger partial charge in [-0.25, -0.2) is 13.2 Å². The maximum atomic E-state index is 13.3. The van der Waals surface area contributed by atoms with Crippen LogP contribution in [-0.4, -0.2) is 65.1 Å². The Hall–Kier alpha value is -3.26. The minimum atomic E-state index is -5.08. The summed E-state index contributed by atoms with van der Waals surface area (Å²) in [7, 11) is -3.76. The summed E-state index contributed by atoms with van der Waals surface area (Å²) in [6, 6.07) is 11.1. The normalized spacial score (nSPS) is 16.9. The number of aliphatic hydroxyl groups excluding tert-OH is 1. The molecule has 1 aliphatic heterocycles. The predicted octanol–water partition coefficient (Wildman–Crippen LogP) is 3.44. The molecule has 0 bridgehead atoms. The number of hydrogen-bond donors (Lipinski definition) is 3. The van der Waals surface area contributed by atoms with E-state index >= 15 is 0 Å². The predicted molar refractivity (Wildman–Crippen MR) is 132 cm³/mol. The number of fused-ring (bicyclic) bond motifs is 1. The van der Waals surface area contributed by atoms with Crippen LogP contribution in [0, 0.1) is 6.92 Å². The highest BCUT2D eigenvalue weighted by Gasteiger charge is 2.38. The van der Waals surface area contributed by atoms with Crippen molar-refractivity contribution in [2.45, 2.75) is 36.6 Å². The van der Waals surface area contributed by atoms with Gasteiger partial charge in [0, 0.05) is 41.9 Å². The first kappa shape index (κ1) is 29.3. The highest BCUT2D eigenvalue weighted by molar-refractivity contribution is 7.89. The smallest absolute Gasteiger partial charge is 0.475 e. The molecule has 1 amide bonds. The summed E-state index contributed by atoms with van der Waals surface area (Å²) in [5, 5.41) is 22.1. The molecule has 2 atom stereocenters. The molecule has 14 heteroatoms. The Balaban J connectivity index is 0.000000505. The van der Waals surface area contributed by atoms with Crippen LogP contribution in [0.4, 0.5) is 13.2 Å². The first-order chi connectivity index (χ1) is 17.7. The lowest BCUT2D eigenvalue weighted by molar-refractivity contribution is -0.192. The first-order valence-corrected chi connectivity index (χ1v) is 12.9. The van der Waals surface area contributed by atoms with Crippen molar-refractivity contribution in [3.05, 3.63) is 71.0 Å². The fourth-order valence-electron chi connectivity index (χ4n) is 3.82. The second-order valence-corrected chi connectivity index (χ2v) is 10.8. The molecule has 3 aromatic rings. The Morgan fingerprint density at radius 1 is 1.13 bits per heavy atom. The number of sulfonamides is 1. The van der Waals surface area contributed by atoms with E-state index in [0.717, 1.165) is 10.9 Å². The molecule has 1 saturated heterocycles. The van der Waals surface area contributed by atoms with Crippen molar-refractivity contribution in [3.63, 3.8) is 0 Å². The number of carbonyl (C=O) groups is 2. The lowest BCUT2D eigenvalue weighted by Crippen LogP contribution is -2.40. The van der Waals surface area contributed by atoms with Gasteiger partial charge in [0.05, 0.1) is 4.90 Å². The number of carboxylic acids is 1. The van der Waals surface area contributed by atoms with Crippen molar-refractivity contribution >= 4 is 44.3 Å². The average molecular weight is 574 g/mol. The monoisotopic (exact) mass is 573 g/mol. The summed E-state index contributed by atoms with van der Waals surface area (Å²) in [5.74, 6) is -3.33. The Bertz CT molecular complexity index is 1430. The number of aryl methyl sites for hydroxylation is 1. The van der Waals surface area contributed by atoms with E-state index in [-0.39, 0.29) is 24.0 Å². The van der Waals surface area contributed by atoms with Gasteiger partial charge >= 0.3 is 12.1 Å². The van der Waals surface area contributed by atoms with Crippen LogP contribution in [0.3, 0.4) is 0 Å². The number of nitrogens with one attached hydrogen (secondary N) is 1. The van der Waals surface area contributed by atoms with Gasteiger partial charge in [0.25, 0.3) is 5.91 Å². The van der Waals surface area contributed by atoms with E-state index in [1.807, 2.05) is 13.0 Å². The van der Waals surface area contributed by atoms with Crippen LogP contribution in [0.1, 0.15) is 23.7 Å². The summed E-state index contributed by atoms with van der Waals surface area (Å²) in [4.78, 5) is 25.7. The Morgan fingerprint density at radius 3 is 2.37 bits per heavy atom. The number of benzene rings is 2. The molecule has 0 radical (unpaired) electrons. The largest absolute Gasteiger partial charge is 0.490 e. The van der Waals surface area contributed by atoms with E-state index in [2.05, 4.69) is 10.3 Å². The van der Waals surface area contributed by atoms with E-state index in [1.165, 1.54) is 4.31 Å². The second kappa shape index (κ2) is 11.6. The van der Waals surface area contributed by atoms with Crippen LogP contribution in [0.2, 0.25) is 5.02 Å². The van der Waals surface area contributed by atoms with E-state index in [1.54, 1.807) is 48.8 Å². The third-order valence-electron chi connectivity index (χ3n) is 5.75. The molecule has 3 N–H and O–H groups in total. The summed E-state index contributed by atoms with van der Waals surface area (Å²) in [6.45, 7) is 2.30. The number of amides is 1. The molecule has 9 nitrogen and oxygen atoms in total. The number of carbonyl (C=O) groups excluding carboxylic acids is 1. The molecule has 4 rings (SSSR count). The number of aliphatic carboxylic acids is 1. The van der Waals surface area contributed by atoms with Crippen LogP contribution in [-0.2, 0) is 19.6 Å². The van der Waals surface area contributed by atoms with Gasteiger partial charge < -0.3 is 15.5 Å². The first-order valence-electron chi connectivity index (χ1n) is 11.1. The van der Waals surface area contributed by atoms with Gasteiger partial charge in [0.2, 0.25) is 10.0 Å². The number of rotatable bonds is 5. The molecule has 1 fully saturated rings. The lowest BCUT2D eigenvalue weighted by atomic mass is 10.1. The molecule has 1 aliphatic rings. The molecule has 204 valence electrons. The molecule has 0 saturated carbocycles. The van der Waals surface area contributed by atoms with Gasteiger partial charge in [0.15, 0.2) is 6.10 Å². The van der Waals surface area contributed by atoms with Crippen LogP contribution < -0.4 is 5.32 Å². The van der Waals surface area contributed by atoms with E-state index < -0.39 is 34.2 Å². The van der Waals surface area contributed by atoms with Crippen molar-refractivity contribution in [3.8, 4) is 0 Å². The molecular formula is C24H23ClF3N3O6S. The molecule has 2 heterocycles. The van der Waals surface area contributed by atoms with Crippen molar-refractivity contribution in [2.75, 3.05) is 13.1 Å². The van der Waals surface area contributed by atoms with Crippen molar-refractivity contribution < 1.29 is 41.4 Å². The Kier molecular flexibility index (Phi) is 8.97. The lowest BCUT2D eigenvalue weighted by Gasteiger charge is -2.19. The van der Waals surface area contributed by atoms with Crippen LogP contribution in [0.15, 0.2) is 59.8 Å². The van der Waals surface area contributed by atoms with Gasteiger partial charge in [0.1, 0.15) is 0 Å². The molecule has 38 heavy (non-hydrogen) atoms. The molecule has 1 unspecified atom stereocenters. The molecule has 0 aliphatic carbocycles. The molecular weight excluding hydrogens is 551 g/mol. The zero-order valence-electron chi connectivity index (χ0n) is 19.8. The molecule has 2 aromatic carbocycles. The van der Waals surface area contributed by atoms with Gasteiger partial charge in [-0.05, 0) is 48.1 Å². The standard InChI is InChI=1S/C22H22ClN3O4S.C2HF3O2/c1-14-11-24-12-19-18(14)3-2-4-20(19)31(29,30)26-10-9-17(13-26)25-22(28)21(27)15-5-7-16(23)8-6-15;3-2(4,5)1(6)7/h2-8,11-12,17,21,27H,9-10,13H2,1H3,(H,25,28);(H,6,7)/t17-,21?;/m1./s1. The highest BCUT2D eigenvalue weighted by atomic mass is 35.5. The summed E-state index contributed by atoms with van der Waals surface area (Å²) >= 11 is 5.84. The Labute approximate surface area is 220 Å².